The molecule has 52 heavy (non-hydrogen) atoms. The standard InChI is InChI=1S/C45H70N6Si/c1-26-23-36(33(8)42(49(17)18)39(26)46(11)12)52(45-31(6)29(4)30(5)32(45)7,37-24-27(2)40(47(13)14)43(34(37)9)50(19)20)38-25-28(3)41(48(15)16)44(35(38)10)51(21)22/h23-25,31H,1-22H3. The van der Waals surface area contributed by atoms with Crippen molar-refractivity contribution in [2.24, 2.45) is 5.92 Å². The van der Waals surface area contributed by atoms with Crippen molar-refractivity contribution in [1.82, 2.24) is 0 Å². The van der Waals surface area contributed by atoms with Crippen LogP contribution in [0.3, 0.4) is 0 Å². The molecule has 0 aromatic heterocycles. The van der Waals surface area contributed by atoms with Gasteiger partial charge in [0.1, 0.15) is 0 Å². The molecule has 1 aliphatic rings. The van der Waals surface area contributed by atoms with Crippen LogP contribution in [0.15, 0.2) is 40.1 Å². The third kappa shape index (κ3) is 6.11. The highest BCUT2D eigenvalue weighted by atomic mass is 28.3. The van der Waals surface area contributed by atoms with Crippen molar-refractivity contribution in [3.8, 4) is 0 Å². The summed E-state index contributed by atoms with van der Waals surface area (Å²) in [5.74, 6) is 0.301. The largest absolute Gasteiger partial charge is 0.376 e. The van der Waals surface area contributed by atoms with Gasteiger partial charge in [0.15, 0.2) is 8.07 Å². The lowest BCUT2D eigenvalue weighted by molar-refractivity contribution is 0.851. The van der Waals surface area contributed by atoms with Crippen LogP contribution in [-0.4, -0.2) is 92.6 Å². The van der Waals surface area contributed by atoms with E-state index in [2.05, 4.69) is 201 Å². The molecule has 284 valence electrons. The molecule has 4 rings (SSSR count). The molecule has 3 aromatic rings. The van der Waals surface area contributed by atoms with Gasteiger partial charge in [0.05, 0.1) is 34.1 Å². The highest BCUT2D eigenvalue weighted by molar-refractivity contribution is 7.17. The lowest BCUT2D eigenvalue weighted by atomic mass is 10.0. The maximum absolute atomic E-state index is 3.13. The first-order chi connectivity index (χ1) is 24.0. The minimum atomic E-state index is -3.13. The van der Waals surface area contributed by atoms with E-state index in [9.17, 15) is 0 Å². The number of anilines is 6. The van der Waals surface area contributed by atoms with Gasteiger partial charge in [-0.2, -0.15) is 0 Å². The summed E-state index contributed by atoms with van der Waals surface area (Å²) >= 11 is 0. The number of aryl methyl sites for hydroxylation is 3. The SMILES string of the molecule is CC1=C(C)C(C)C([Si](c2cc(C)c(N(C)C)c(N(C)C)c2C)(c2cc(C)c(N(C)C)c(N(C)C)c2C)c2cc(C)c(N(C)C)c(N(C)C)c2C)=C1C. The molecule has 0 spiro atoms. The zero-order chi connectivity index (χ0) is 39.6. The van der Waals surface area contributed by atoms with Crippen molar-refractivity contribution < 1.29 is 0 Å². The van der Waals surface area contributed by atoms with Gasteiger partial charge in [-0.15, -0.1) is 0 Å². The van der Waals surface area contributed by atoms with Gasteiger partial charge in [-0.3, -0.25) is 0 Å². The van der Waals surface area contributed by atoms with Gasteiger partial charge in [0.25, 0.3) is 0 Å². The van der Waals surface area contributed by atoms with Crippen molar-refractivity contribution in [2.75, 3.05) is 114 Å². The summed E-state index contributed by atoms with van der Waals surface area (Å²) in [7, 11) is 23.3. The smallest absolute Gasteiger partial charge is 0.177 e. The normalized spacial score (nSPS) is 14.8. The molecule has 0 saturated carbocycles. The lowest BCUT2D eigenvalue weighted by Crippen LogP contribution is -2.72. The Bertz CT molecular complexity index is 1780. The second kappa shape index (κ2) is 14.5. The van der Waals surface area contributed by atoms with Gasteiger partial charge < -0.3 is 29.4 Å². The number of benzene rings is 3. The molecule has 7 heteroatoms. The second-order valence-electron chi connectivity index (χ2n) is 16.9. The Morgan fingerprint density at radius 3 is 0.827 bits per heavy atom. The Hall–Kier alpha value is -3.84. The van der Waals surface area contributed by atoms with Crippen LogP contribution in [0.2, 0.25) is 0 Å². The first-order valence-corrected chi connectivity index (χ1v) is 20.8. The molecule has 0 heterocycles. The molecular weight excluding hydrogens is 653 g/mol. The van der Waals surface area contributed by atoms with E-state index in [0.717, 1.165) is 0 Å². The van der Waals surface area contributed by atoms with Crippen LogP contribution in [0, 0.1) is 47.5 Å². The van der Waals surface area contributed by atoms with E-state index in [1.54, 1.807) is 5.20 Å². The van der Waals surface area contributed by atoms with Crippen molar-refractivity contribution in [3.05, 3.63) is 73.5 Å². The van der Waals surface area contributed by atoms with Crippen LogP contribution in [-0.2, 0) is 0 Å². The van der Waals surface area contributed by atoms with Crippen molar-refractivity contribution in [1.29, 1.82) is 0 Å². The summed E-state index contributed by atoms with van der Waals surface area (Å²) in [4.78, 5) is 14.0. The molecule has 0 radical (unpaired) electrons. The Morgan fingerprint density at radius 2 is 0.635 bits per heavy atom. The maximum atomic E-state index is 2.60. The number of allylic oxidation sites excluding steroid dienone is 4. The average Bonchev–Trinajstić information content (AvgIpc) is 3.22. The minimum absolute atomic E-state index is 0.301. The Morgan fingerprint density at radius 1 is 0.385 bits per heavy atom. The molecule has 3 aromatic carbocycles. The summed E-state index contributed by atoms with van der Waals surface area (Å²) in [6.07, 6.45) is 0. The van der Waals surface area contributed by atoms with Crippen molar-refractivity contribution >= 4 is 57.8 Å². The van der Waals surface area contributed by atoms with Crippen LogP contribution < -0.4 is 45.0 Å². The second-order valence-corrected chi connectivity index (χ2v) is 20.5. The van der Waals surface area contributed by atoms with Crippen molar-refractivity contribution in [2.45, 2.75) is 69.2 Å². The molecule has 0 aliphatic heterocycles. The Balaban J connectivity index is 2.58. The molecular formula is C45H70N6Si. The molecule has 1 unspecified atom stereocenters. The summed E-state index contributed by atoms with van der Waals surface area (Å²) in [5, 5.41) is 6.12. The zero-order valence-electron chi connectivity index (χ0n) is 37.0. The van der Waals surface area contributed by atoms with Gasteiger partial charge in [-0.05, 0) is 123 Å². The molecule has 0 N–H and O–H groups in total. The van der Waals surface area contributed by atoms with Gasteiger partial charge >= 0.3 is 0 Å². The van der Waals surface area contributed by atoms with E-state index >= 15 is 0 Å². The highest BCUT2D eigenvalue weighted by Gasteiger charge is 2.52. The van der Waals surface area contributed by atoms with Crippen LogP contribution in [0.5, 0.6) is 0 Å². The summed E-state index contributed by atoms with van der Waals surface area (Å²) in [6.45, 7) is 23.9. The van der Waals surface area contributed by atoms with E-state index in [4.69, 9.17) is 0 Å². The van der Waals surface area contributed by atoms with Crippen LogP contribution >= 0.6 is 0 Å². The Kier molecular flexibility index (Phi) is 11.4. The number of hydrogen-bond donors (Lipinski definition) is 0. The van der Waals surface area contributed by atoms with Gasteiger partial charge in [-0.25, -0.2) is 0 Å². The number of nitrogens with zero attached hydrogens (tertiary/aromatic N) is 6. The highest BCUT2D eigenvalue weighted by Crippen LogP contribution is 2.46. The molecule has 1 atom stereocenters. The topological polar surface area (TPSA) is 19.4 Å². The summed E-state index contributed by atoms with van der Waals surface area (Å²) in [5.41, 5.74) is 20.3. The first-order valence-electron chi connectivity index (χ1n) is 18.8. The predicted molar refractivity (Wildman–Crippen MR) is 239 cm³/mol. The molecule has 0 fully saturated rings. The quantitative estimate of drug-likeness (QED) is 0.161. The van der Waals surface area contributed by atoms with Crippen LogP contribution in [0.1, 0.15) is 61.1 Å². The van der Waals surface area contributed by atoms with E-state index in [0.29, 0.717) is 5.92 Å². The minimum Gasteiger partial charge on any atom is -0.376 e. The third-order valence-corrected chi connectivity index (χ3v) is 17.7. The average molecular weight is 723 g/mol. The van der Waals surface area contributed by atoms with Gasteiger partial charge in [0.2, 0.25) is 0 Å². The lowest BCUT2D eigenvalue weighted by Gasteiger charge is -2.45. The van der Waals surface area contributed by atoms with Crippen LogP contribution in [0.25, 0.3) is 0 Å². The fourth-order valence-electron chi connectivity index (χ4n) is 10.00. The van der Waals surface area contributed by atoms with E-state index < -0.39 is 8.07 Å². The third-order valence-electron chi connectivity index (χ3n) is 12.1. The molecule has 0 saturated heterocycles. The van der Waals surface area contributed by atoms with E-state index in [-0.39, 0.29) is 0 Å². The maximum Gasteiger partial charge on any atom is 0.177 e. The predicted octanol–water partition coefficient (Wildman–Crippen LogP) is 7.25. The molecule has 0 amide bonds. The van der Waals surface area contributed by atoms with Gasteiger partial charge in [-0.1, -0.05) is 41.5 Å². The summed E-state index contributed by atoms with van der Waals surface area (Å²) in [6, 6.07) is 7.81. The number of hydrogen-bond acceptors (Lipinski definition) is 6. The van der Waals surface area contributed by atoms with E-state index in [1.165, 1.54) is 99.8 Å². The van der Waals surface area contributed by atoms with Gasteiger partial charge in [0, 0.05) is 84.6 Å². The summed E-state index contributed by atoms with van der Waals surface area (Å²) < 4.78 is 0. The monoisotopic (exact) mass is 723 g/mol. The van der Waals surface area contributed by atoms with Crippen LogP contribution in [0.4, 0.5) is 34.1 Å². The Labute approximate surface area is 319 Å². The molecule has 1 aliphatic carbocycles. The molecule has 0 bridgehead atoms. The first kappa shape index (κ1) is 40.9. The fraction of sp³-hybridized carbons (Fsp3) is 0.511. The molecule has 6 nitrogen and oxygen atoms in total. The van der Waals surface area contributed by atoms with E-state index in [1.807, 2.05) is 0 Å². The fourth-order valence-corrected chi connectivity index (χ4v) is 16.7. The zero-order valence-corrected chi connectivity index (χ0v) is 38.0. The van der Waals surface area contributed by atoms with Crippen molar-refractivity contribution in [3.63, 3.8) is 0 Å². The number of rotatable bonds is 10.